The third kappa shape index (κ3) is 5.18. The first-order valence-electron chi connectivity index (χ1n) is 7.06. The molecule has 5 N–H and O–H groups in total. The van der Waals surface area contributed by atoms with Gasteiger partial charge in [-0.3, -0.25) is 0 Å². The fourth-order valence-electron chi connectivity index (χ4n) is 2.07. The van der Waals surface area contributed by atoms with Crippen molar-refractivity contribution >= 4 is 21.4 Å². The van der Waals surface area contributed by atoms with Gasteiger partial charge in [0.15, 0.2) is 0 Å². The molecular weight excluding hydrogens is 290 g/mol. The highest BCUT2D eigenvalue weighted by atomic mass is 32.2. The topological polar surface area (TPSA) is 104 Å². The van der Waals surface area contributed by atoms with E-state index in [0.717, 1.165) is 6.42 Å². The second-order valence-corrected chi connectivity index (χ2v) is 7.17. The normalized spacial score (nSPS) is 13.4. The van der Waals surface area contributed by atoms with Crippen molar-refractivity contribution in [1.82, 2.24) is 4.72 Å². The first-order chi connectivity index (χ1) is 9.80. The standard InChI is InChI=1S/C14H25N3O3S/c1-4-16-21(19,20)12-5-6-13(15)14(8-12)17-11(9-18)7-10(2)3/h5-6,8,10-11,16-18H,4,7,9,15H2,1-3H3. The number of benzene rings is 1. The summed E-state index contributed by atoms with van der Waals surface area (Å²) in [7, 11) is -3.52. The third-order valence-electron chi connectivity index (χ3n) is 3.01. The Morgan fingerprint density at radius 2 is 2.00 bits per heavy atom. The predicted octanol–water partition coefficient (Wildman–Crippen LogP) is 1.39. The number of hydrogen-bond donors (Lipinski definition) is 4. The third-order valence-corrected chi connectivity index (χ3v) is 4.55. The highest BCUT2D eigenvalue weighted by molar-refractivity contribution is 7.89. The van der Waals surface area contributed by atoms with Gasteiger partial charge in [0.25, 0.3) is 0 Å². The van der Waals surface area contributed by atoms with E-state index in [0.29, 0.717) is 23.8 Å². The van der Waals surface area contributed by atoms with Crippen LogP contribution in [0, 0.1) is 5.92 Å². The molecule has 1 unspecified atom stereocenters. The molecule has 0 fully saturated rings. The Bertz CT molecular complexity index is 559. The van der Waals surface area contributed by atoms with Crippen LogP contribution in [0.15, 0.2) is 23.1 Å². The monoisotopic (exact) mass is 315 g/mol. The van der Waals surface area contributed by atoms with E-state index in [1.54, 1.807) is 13.0 Å². The Morgan fingerprint density at radius 3 is 2.52 bits per heavy atom. The van der Waals surface area contributed by atoms with E-state index in [1.807, 2.05) is 0 Å². The molecule has 0 aromatic heterocycles. The Hall–Kier alpha value is -1.31. The molecule has 0 aliphatic rings. The molecule has 1 atom stereocenters. The van der Waals surface area contributed by atoms with Gasteiger partial charge in [-0.25, -0.2) is 13.1 Å². The Kier molecular flexibility index (Phi) is 6.44. The van der Waals surface area contributed by atoms with Crippen LogP contribution in [0.1, 0.15) is 27.2 Å². The lowest BCUT2D eigenvalue weighted by Crippen LogP contribution is -2.27. The smallest absolute Gasteiger partial charge is 0.240 e. The van der Waals surface area contributed by atoms with Gasteiger partial charge < -0.3 is 16.2 Å². The van der Waals surface area contributed by atoms with Crippen molar-refractivity contribution in [2.75, 3.05) is 24.2 Å². The summed E-state index contributed by atoms with van der Waals surface area (Å²) >= 11 is 0. The molecule has 1 rings (SSSR count). The van der Waals surface area contributed by atoms with Crippen LogP contribution in [0.2, 0.25) is 0 Å². The van der Waals surface area contributed by atoms with Crippen molar-refractivity contribution in [3.8, 4) is 0 Å². The highest BCUT2D eigenvalue weighted by Crippen LogP contribution is 2.24. The summed E-state index contributed by atoms with van der Waals surface area (Å²) in [6.45, 7) is 6.11. The van der Waals surface area contributed by atoms with Crippen molar-refractivity contribution < 1.29 is 13.5 Å². The van der Waals surface area contributed by atoms with E-state index in [4.69, 9.17) is 5.73 Å². The average Bonchev–Trinajstić information content (AvgIpc) is 2.39. The molecule has 7 heteroatoms. The van der Waals surface area contributed by atoms with E-state index >= 15 is 0 Å². The second-order valence-electron chi connectivity index (χ2n) is 5.40. The van der Waals surface area contributed by atoms with Crippen LogP contribution in [0.3, 0.4) is 0 Å². The van der Waals surface area contributed by atoms with Crippen LogP contribution < -0.4 is 15.8 Å². The summed E-state index contributed by atoms with van der Waals surface area (Å²) in [4.78, 5) is 0.155. The van der Waals surface area contributed by atoms with Gasteiger partial charge in [-0.05, 0) is 30.5 Å². The number of sulfonamides is 1. The summed E-state index contributed by atoms with van der Waals surface area (Å²) in [5, 5.41) is 12.5. The minimum atomic E-state index is -3.52. The number of nitrogens with one attached hydrogen (secondary N) is 2. The molecule has 0 bridgehead atoms. The maximum absolute atomic E-state index is 12.0. The minimum Gasteiger partial charge on any atom is -0.397 e. The van der Waals surface area contributed by atoms with Gasteiger partial charge >= 0.3 is 0 Å². The lowest BCUT2D eigenvalue weighted by molar-refractivity contribution is 0.259. The van der Waals surface area contributed by atoms with Gasteiger partial charge in [0, 0.05) is 12.6 Å². The quantitative estimate of drug-likeness (QED) is 0.543. The predicted molar refractivity (Wildman–Crippen MR) is 85.7 cm³/mol. The summed E-state index contributed by atoms with van der Waals surface area (Å²) in [5.74, 6) is 0.407. The molecule has 0 radical (unpaired) electrons. The Balaban J connectivity index is 3.02. The van der Waals surface area contributed by atoms with Crippen LogP contribution in [-0.2, 0) is 10.0 Å². The molecule has 0 saturated carbocycles. The molecule has 1 aromatic carbocycles. The van der Waals surface area contributed by atoms with Crippen LogP contribution in [0.4, 0.5) is 11.4 Å². The van der Waals surface area contributed by atoms with Crippen molar-refractivity contribution in [3.63, 3.8) is 0 Å². The molecule has 120 valence electrons. The number of rotatable bonds is 8. The molecule has 0 saturated heterocycles. The maximum Gasteiger partial charge on any atom is 0.240 e. The number of nitrogen functional groups attached to an aromatic ring is 1. The lowest BCUT2D eigenvalue weighted by atomic mass is 10.0. The number of aliphatic hydroxyl groups is 1. The number of hydrogen-bond acceptors (Lipinski definition) is 5. The van der Waals surface area contributed by atoms with Crippen molar-refractivity contribution in [1.29, 1.82) is 0 Å². The van der Waals surface area contributed by atoms with E-state index in [-0.39, 0.29) is 17.5 Å². The molecule has 0 amide bonds. The number of aliphatic hydroxyl groups excluding tert-OH is 1. The zero-order valence-electron chi connectivity index (χ0n) is 12.8. The maximum atomic E-state index is 12.0. The van der Waals surface area contributed by atoms with Gasteiger partial charge in [0.1, 0.15) is 0 Å². The Labute approximate surface area is 126 Å². The first kappa shape index (κ1) is 17.7. The minimum absolute atomic E-state index is 0.0399. The van der Waals surface area contributed by atoms with Crippen LogP contribution >= 0.6 is 0 Å². The average molecular weight is 315 g/mol. The fraction of sp³-hybridized carbons (Fsp3) is 0.571. The van der Waals surface area contributed by atoms with Crippen LogP contribution in [-0.4, -0.2) is 32.7 Å². The largest absolute Gasteiger partial charge is 0.397 e. The van der Waals surface area contributed by atoms with Gasteiger partial charge in [-0.2, -0.15) is 0 Å². The molecule has 1 aromatic rings. The van der Waals surface area contributed by atoms with Crippen molar-refractivity contribution in [2.45, 2.75) is 38.1 Å². The zero-order chi connectivity index (χ0) is 16.0. The molecule has 6 nitrogen and oxygen atoms in total. The van der Waals surface area contributed by atoms with E-state index in [9.17, 15) is 13.5 Å². The van der Waals surface area contributed by atoms with Gasteiger partial charge in [-0.1, -0.05) is 20.8 Å². The Morgan fingerprint density at radius 1 is 1.33 bits per heavy atom. The summed E-state index contributed by atoms with van der Waals surface area (Å²) in [6.07, 6.45) is 0.764. The highest BCUT2D eigenvalue weighted by Gasteiger charge is 2.16. The molecular formula is C14H25N3O3S. The van der Waals surface area contributed by atoms with Gasteiger partial charge in [0.05, 0.1) is 22.9 Å². The van der Waals surface area contributed by atoms with E-state index in [1.165, 1.54) is 12.1 Å². The molecule has 0 aliphatic carbocycles. The fourth-order valence-corrected chi connectivity index (χ4v) is 3.14. The summed E-state index contributed by atoms with van der Waals surface area (Å²) in [6, 6.07) is 4.35. The zero-order valence-corrected chi connectivity index (χ0v) is 13.6. The van der Waals surface area contributed by atoms with Gasteiger partial charge in [-0.15, -0.1) is 0 Å². The van der Waals surface area contributed by atoms with Crippen LogP contribution in [0.25, 0.3) is 0 Å². The van der Waals surface area contributed by atoms with E-state index < -0.39 is 10.0 Å². The number of anilines is 2. The lowest BCUT2D eigenvalue weighted by Gasteiger charge is -2.21. The molecule has 0 spiro atoms. The molecule has 0 heterocycles. The molecule has 0 aliphatic heterocycles. The second kappa shape index (κ2) is 7.63. The van der Waals surface area contributed by atoms with Crippen LogP contribution in [0.5, 0.6) is 0 Å². The van der Waals surface area contributed by atoms with Crippen molar-refractivity contribution in [2.24, 2.45) is 5.92 Å². The van der Waals surface area contributed by atoms with Gasteiger partial charge in [0.2, 0.25) is 10.0 Å². The summed E-state index contributed by atoms with van der Waals surface area (Å²) in [5.41, 5.74) is 6.85. The van der Waals surface area contributed by atoms with Crippen molar-refractivity contribution in [3.05, 3.63) is 18.2 Å². The summed E-state index contributed by atoms with van der Waals surface area (Å²) < 4.78 is 26.4. The number of nitrogens with two attached hydrogens (primary N) is 1. The SMILES string of the molecule is CCNS(=O)(=O)c1ccc(N)c(NC(CO)CC(C)C)c1. The molecule has 21 heavy (non-hydrogen) atoms. The van der Waals surface area contributed by atoms with E-state index in [2.05, 4.69) is 23.9 Å². The first-order valence-corrected chi connectivity index (χ1v) is 8.55.